The van der Waals surface area contributed by atoms with Crippen LogP contribution in [-0.2, 0) is 4.79 Å². The summed E-state index contributed by atoms with van der Waals surface area (Å²) in [7, 11) is 0. The second kappa shape index (κ2) is 7.05. The predicted molar refractivity (Wildman–Crippen MR) is 59.6 cm³/mol. The van der Waals surface area contributed by atoms with Gasteiger partial charge in [0, 0.05) is 32.6 Å². The number of nitrogens with zero attached hydrogens (tertiary/aromatic N) is 1. The van der Waals surface area contributed by atoms with E-state index < -0.39 is 0 Å². The van der Waals surface area contributed by atoms with Crippen LogP contribution in [0.5, 0.6) is 0 Å². The van der Waals surface area contributed by atoms with Crippen LogP contribution >= 0.6 is 0 Å². The Bertz CT molecular complexity index is 229. The van der Waals surface area contributed by atoms with Gasteiger partial charge in [-0.15, -0.1) is 0 Å². The van der Waals surface area contributed by atoms with Gasteiger partial charge in [-0.3, -0.25) is 9.79 Å². The topological polar surface area (TPSA) is 91.5 Å². The third-order valence-electron chi connectivity index (χ3n) is 2.01. The minimum absolute atomic E-state index is 0.0589. The van der Waals surface area contributed by atoms with Crippen molar-refractivity contribution in [2.24, 2.45) is 10.7 Å². The molecule has 1 aliphatic rings. The number of amides is 1. The molecule has 86 valence electrons. The van der Waals surface area contributed by atoms with Gasteiger partial charge in [0.2, 0.25) is 5.91 Å². The molecule has 1 aliphatic heterocycles. The maximum atomic E-state index is 11.2. The first kappa shape index (κ1) is 11.8. The SMILES string of the molecule is NCCNC(=O)CCCNC1=NCCN1. The molecule has 5 N–H and O–H groups in total. The van der Waals surface area contributed by atoms with E-state index in [2.05, 4.69) is 20.9 Å². The normalized spacial score (nSPS) is 14.3. The van der Waals surface area contributed by atoms with Crippen molar-refractivity contribution in [3.05, 3.63) is 0 Å². The molecule has 0 saturated heterocycles. The van der Waals surface area contributed by atoms with Gasteiger partial charge in [-0.1, -0.05) is 0 Å². The molecule has 6 nitrogen and oxygen atoms in total. The minimum Gasteiger partial charge on any atom is -0.356 e. The highest BCUT2D eigenvalue weighted by atomic mass is 16.1. The molecule has 15 heavy (non-hydrogen) atoms. The summed E-state index contributed by atoms with van der Waals surface area (Å²) in [5, 5.41) is 8.95. The molecule has 0 spiro atoms. The molecule has 0 radical (unpaired) electrons. The van der Waals surface area contributed by atoms with E-state index in [0.717, 1.165) is 32.0 Å². The van der Waals surface area contributed by atoms with Crippen molar-refractivity contribution in [2.45, 2.75) is 12.8 Å². The monoisotopic (exact) mass is 213 g/mol. The number of guanidine groups is 1. The lowest BCUT2D eigenvalue weighted by molar-refractivity contribution is -0.121. The highest BCUT2D eigenvalue weighted by Gasteiger charge is 2.03. The molecule has 0 atom stereocenters. The zero-order valence-electron chi connectivity index (χ0n) is 8.88. The number of carbonyl (C=O) groups is 1. The Morgan fingerprint density at radius 2 is 2.40 bits per heavy atom. The lowest BCUT2D eigenvalue weighted by Crippen LogP contribution is -2.35. The van der Waals surface area contributed by atoms with E-state index in [0.29, 0.717) is 19.5 Å². The highest BCUT2D eigenvalue weighted by molar-refractivity contribution is 5.81. The predicted octanol–water partition coefficient (Wildman–Crippen LogP) is -1.61. The average molecular weight is 213 g/mol. The number of nitrogens with two attached hydrogens (primary N) is 1. The molecule has 0 aromatic carbocycles. The fourth-order valence-corrected chi connectivity index (χ4v) is 1.27. The molecule has 0 aromatic heterocycles. The molecule has 0 aromatic rings. The quantitative estimate of drug-likeness (QED) is 0.400. The summed E-state index contributed by atoms with van der Waals surface area (Å²) in [6.45, 7) is 3.55. The van der Waals surface area contributed by atoms with Gasteiger partial charge in [0.15, 0.2) is 5.96 Å². The summed E-state index contributed by atoms with van der Waals surface area (Å²) in [6.07, 6.45) is 1.33. The molecule has 0 fully saturated rings. The van der Waals surface area contributed by atoms with Crippen LogP contribution in [0.1, 0.15) is 12.8 Å². The molecule has 1 heterocycles. The number of hydrogen-bond donors (Lipinski definition) is 4. The molecule has 1 rings (SSSR count). The maximum Gasteiger partial charge on any atom is 0.220 e. The lowest BCUT2D eigenvalue weighted by atomic mass is 10.3. The first-order chi connectivity index (χ1) is 7.33. The minimum atomic E-state index is 0.0589. The van der Waals surface area contributed by atoms with Crippen LogP contribution in [0, 0.1) is 0 Å². The zero-order valence-corrected chi connectivity index (χ0v) is 8.88. The Balaban J connectivity index is 1.94. The van der Waals surface area contributed by atoms with E-state index in [9.17, 15) is 4.79 Å². The van der Waals surface area contributed by atoms with Gasteiger partial charge in [-0.25, -0.2) is 0 Å². The summed E-state index contributed by atoms with van der Waals surface area (Å²) in [4.78, 5) is 15.3. The van der Waals surface area contributed by atoms with Gasteiger partial charge in [0.05, 0.1) is 6.54 Å². The number of rotatable bonds is 6. The lowest BCUT2D eigenvalue weighted by Gasteiger charge is -2.06. The molecule has 1 amide bonds. The molecule has 0 saturated carbocycles. The van der Waals surface area contributed by atoms with Crippen LogP contribution in [0.15, 0.2) is 4.99 Å². The van der Waals surface area contributed by atoms with Gasteiger partial charge in [0.1, 0.15) is 0 Å². The van der Waals surface area contributed by atoms with Crippen molar-refractivity contribution in [1.82, 2.24) is 16.0 Å². The van der Waals surface area contributed by atoms with E-state index in [4.69, 9.17) is 5.73 Å². The van der Waals surface area contributed by atoms with E-state index in [1.54, 1.807) is 0 Å². The van der Waals surface area contributed by atoms with Gasteiger partial charge in [-0.05, 0) is 6.42 Å². The fraction of sp³-hybridized carbons (Fsp3) is 0.778. The standard InChI is InChI=1S/C9H19N5O/c10-3-5-11-8(15)2-1-4-12-9-13-6-7-14-9/h1-7,10H2,(H,11,15)(H2,12,13,14). The summed E-state index contributed by atoms with van der Waals surface area (Å²) >= 11 is 0. The van der Waals surface area contributed by atoms with Crippen molar-refractivity contribution < 1.29 is 4.79 Å². The van der Waals surface area contributed by atoms with Crippen LogP contribution < -0.4 is 21.7 Å². The van der Waals surface area contributed by atoms with E-state index in [-0.39, 0.29) is 5.91 Å². The number of hydrogen-bond acceptors (Lipinski definition) is 5. The van der Waals surface area contributed by atoms with E-state index >= 15 is 0 Å². The summed E-state index contributed by atoms with van der Waals surface area (Å²) in [6, 6.07) is 0. The third-order valence-corrected chi connectivity index (χ3v) is 2.01. The Hall–Kier alpha value is -1.30. The van der Waals surface area contributed by atoms with Gasteiger partial charge >= 0.3 is 0 Å². The van der Waals surface area contributed by atoms with Crippen molar-refractivity contribution in [3.63, 3.8) is 0 Å². The van der Waals surface area contributed by atoms with Gasteiger partial charge in [0.25, 0.3) is 0 Å². The van der Waals surface area contributed by atoms with Crippen molar-refractivity contribution in [2.75, 3.05) is 32.7 Å². The second-order valence-corrected chi connectivity index (χ2v) is 3.33. The summed E-state index contributed by atoms with van der Waals surface area (Å²) < 4.78 is 0. The first-order valence-electron chi connectivity index (χ1n) is 5.32. The number of aliphatic imine (C=N–C) groups is 1. The molecule has 0 aliphatic carbocycles. The molecular weight excluding hydrogens is 194 g/mol. The smallest absolute Gasteiger partial charge is 0.220 e. The van der Waals surface area contributed by atoms with Gasteiger partial charge < -0.3 is 21.7 Å². The van der Waals surface area contributed by atoms with Crippen LogP contribution in [0.25, 0.3) is 0 Å². The van der Waals surface area contributed by atoms with Crippen LogP contribution in [0.3, 0.4) is 0 Å². The first-order valence-corrected chi connectivity index (χ1v) is 5.32. The Labute approximate surface area is 89.7 Å². The van der Waals surface area contributed by atoms with Gasteiger partial charge in [-0.2, -0.15) is 0 Å². The molecular formula is C9H19N5O. The Kier molecular flexibility index (Phi) is 5.54. The van der Waals surface area contributed by atoms with Crippen LogP contribution in [0.4, 0.5) is 0 Å². The zero-order chi connectivity index (χ0) is 10.9. The fourth-order valence-electron chi connectivity index (χ4n) is 1.27. The Morgan fingerprint density at radius 3 is 3.07 bits per heavy atom. The third kappa shape index (κ3) is 5.21. The summed E-state index contributed by atoms with van der Waals surface area (Å²) in [5.41, 5.74) is 5.26. The maximum absolute atomic E-state index is 11.2. The second-order valence-electron chi connectivity index (χ2n) is 3.33. The van der Waals surface area contributed by atoms with Crippen molar-refractivity contribution >= 4 is 11.9 Å². The molecule has 6 heteroatoms. The van der Waals surface area contributed by atoms with Crippen molar-refractivity contribution in [1.29, 1.82) is 0 Å². The molecule has 0 bridgehead atoms. The van der Waals surface area contributed by atoms with Crippen LogP contribution in [-0.4, -0.2) is 44.6 Å². The Morgan fingerprint density at radius 1 is 1.53 bits per heavy atom. The highest BCUT2D eigenvalue weighted by Crippen LogP contribution is 1.88. The largest absolute Gasteiger partial charge is 0.356 e. The van der Waals surface area contributed by atoms with Crippen LogP contribution in [0.2, 0.25) is 0 Å². The number of nitrogens with one attached hydrogen (secondary N) is 3. The van der Waals surface area contributed by atoms with E-state index in [1.165, 1.54) is 0 Å². The number of carbonyl (C=O) groups excluding carboxylic acids is 1. The van der Waals surface area contributed by atoms with Crippen molar-refractivity contribution in [3.8, 4) is 0 Å². The average Bonchev–Trinajstić information content (AvgIpc) is 2.74. The van der Waals surface area contributed by atoms with E-state index in [1.807, 2.05) is 0 Å². The molecule has 0 unspecified atom stereocenters. The summed E-state index contributed by atoms with van der Waals surface area (Å²) in [5.74, 6) is 0.904.